The number of benzene rings is 1. The minimum absolute atomic E-state index is 0.247. The molecule has 2 amide bonds. The van der Waals surface area contributed by atoms with Gasteiger partial charge in [0.25, 0.3) is 0 Å². The lowest BCUT2D eigenvalue weighted by Gasteiger charge is -2.37. The van der Waals surface area contributed by atoms with Gasteiger partial charge in [0.1, 0.15) is 11.6 Å². The number of likely N-dealkylation sites (N-methyl/N-ethyl adjacent to an activating group) is 1. The molecule has 0 aliphatic heterocycles. The molecular weight excluding hydrogens is 270 g/mol. The average Bonchev–Trinajstić information content (AvgIpc) is 2.46. The molecule has 1 aromatic carbocycles. The summed E-state index contributed by atoms with van der Waals surface area (Å²) in [6.45, 7) is 4.91. The molecule has 0 fully saturated rings. The summed E-state index contributed by atoms with van der Waals surface area (Å²) in [5.74, 6) is -1.08. The molecule has 0 heterocycles. The van der Waals surface area contributed by atoms with E-state index in [4.69, 9.17) is 5.26 Å². The summed E-state index contributed by atoms with van der Waals surface area (Å²) in [6, 6.07) is 8.24. The third-order valence-electron chi connectivity index (χ3n) is 3.42. The number of para-hydroxylation sites is 1. The molecule has 1 N–H and O–H groups in total. The Hall–Kier alpha value is -2.55. The van der Waals surface area contributed by atoms with Gasteiger partial charge in [0.15, 0.2) is 0 Å². The van der Waals surface area contributed by atoms with Crippen LogP contribution in [0.1, 0.15) is 26.3 Å². The Labute approximate surface area is 124 Å². The van der Waals surface area contributed by atoms with Gasteiger partial charge in [-0.2, -0.15) is 5.26 Å². The average molecular weight is 289 g/mol. The largest absolute Gasteiger partial charge is 0.480 e. The van der Waals surface area contributed by atoms with E-state index in [9.17, 15) is 14.7 Å². The van der Waals surface area contributed by atoms with Crippen molar-refractivity contribution in [3.05, 3.63) is 29.8 Å². The lowest BCUT2D eigenvalue weighted by molar-refractivity contribution is -0.147. The highest BCUT2D eigenvalue weighted by atomic mass is 16.4. The highest BCUT2D eigenvalue weighted by Crippen LogP contribution is 2.23. The van der Waals surface area contributed by atoms with Crippen molar-refractivity contribution >= 4 is 17.7 Å². The number of rotatable bonds is 4. The Morgan fingerprint density at radius 2 is 1.90 bits per heavy atom. The number of urea groups is 1. The molecule has 0 atom stereocenters. The number of aliphatic carboxylic acids is 1. The van der Waals surface area contributed by atoms with E-state index in [-0.39, 0.29) is 6.54 Å². The predicted molar refractivity (Wildman–Crippen MR) is 79.1 cm³/mol. The summed E-state index contributed by atoms with van der Waals surface area (Å²) in [7, 11) is 1.53. The molecule has 0 aliphatic carbocycles. The van der Waals surface area contributed by atoms with Crippen molar-refractivity contribution in [2.24, 2.45) is 0 Å². The molecule has 0 radical (unpaired) electrons. The van der Waals surface area contributed by atoms with Gasteiger partial charge in [-0.3, -0.25) is 4.90 Å². The van der Waals surface area contributed by atoms with Crippen LogP contribution in [-0.2, 0) is 4.79 Å². The summed E-state index contributed by atoms with van der Waals surface area (Å²) >= 11 is 0. The van der Waals surface area contributed by atoms with Crippen LogP contribution in [0.25, 0.3) is 0 Å². The van der Waals surface area contributed by atoms with Crippen LogP contribution in [0.3, 0.4) is 0 Å². The second kappa shape index (κ2) is 6.27. The maximum atomic E-state index is 12.6. The normalized spacial score (nSPS) is 10.6. The van der Waals surface area contributed by atoms with Gasteiger partial charge in [-0.25, -0.2) is 9.59 Å². The molecule has 1 aromatic rings. The first-order valence-electron chi connectivity index (χ1n) is 6.55. The number of nitrogens with zero attached hydrogens (tertiary/aromatic N) is 3. The first-order chi connectivity index (χ1) is 9.77. The summed E-state index contributed by atoms with van der Waals surface area (Å²) in [5.41, 5.74) is -0.524. The monoisotopic (exact) mass is 289 g/mol. The molecule has 0 aliphatic rings. The molecule has 0 unspecified atom stereocenters. The van der Waals surface area contributed by atoms with Gasteiger partial charge in [-0.1, -0.05) is 12.1 Å². The molecular formula is C15H19N3O3. The van der Waals surface area contributed by atoms with E-state index in [2.05, 4.69) is 0 Å². The van der Waals surface area contributed by atoms with Crippen molar-refractivity contribution in [1.82, 2.24) is 4.90 Å². The lowest BCUT2D eigenvalue weighted by atomic mass is 10.0. The number of hydrogen-bond donors (Lipinski definition) is 1. The Bertz CT molecular complexity index is 590. The molecule has 0 saturated carbocycles. The van der Waals surface area contributed by atoms with Gasteiger partial charge >= 0.3 is 12.0 Å². The standard InChI is InChI=1S/C15H19N3O3/c1-5-18(15(2,3)13(19)20)14(21)17(4)12-9-7-6-8-11(12)10-16/h6-9H,5H2,1-4H3,(H,19,20). The van der Waals surface area contributed by atoms with Crippen LogP contribution in [-0.4, -0.2) is 41.1 Å². The highest BCUT2D eigenvalue weighted by Gasteiger charge is 2.38. The number of anilines is 1. The quantitative estimate of drug-likeness (QED) is 0.921. The number of hydrogen-bond acceptors (Lipinski definition) is 3. The fraction of sp³-hybridized carbons (Fsp3) is 0.400. The van der Waals surface area contributed by atoms with Crippen molar-refractivity contribution in [2.45, 2.75) is 26.3 Å². The smallest absolute Gasteiger partial charge is 0.329 e. The van der Waals surface area contributed by atoms with Gasteiger partial charge in [-0.05, 0) is 32.9 Å². The van der Waals surface area contributed by atoms with Crippen molar-refractivity contribution in [2.75, 3.05) is 18.5 Å². The number of amides is 2. The van der Waals surface area contributed by atoms with Gasteiger partial charge in [0.05, 0.1) is 11.3 Å². The maximum absolute atomic E-state index is 12.6. The van der Waals surface area contributed by atoms with Crippen molar-refractivity contribution < 1.29 is 14.7 Å². The molecule has 0 spiro atoms. The minimum atomic E-state index is -1.33. The molecule has 21 heavy (non-hydrogen) atoms. The van der Waals surface area contributed by atoms with E-state index in [0.29, 0.717) is 11.3 Å². The number of carbonyl (C=O) groups excluding carboxylic acids is 1. The van der Waals surface area contributed by atoms with Crippen LogP contribution < -0.4 is 4.90 Å². The van der Waals surface area contributed by atoms with E-state index in [0.717, 1.165) is 0 Å². The molecule has 6 heteroatoms. The lowest BCUT2D eigenvalue weighted by Crippen LogP contribution is -2.56. The van der Waals surface area contributed by atoms with Gasteiger partial charge in [0, 0.05) is 13.6 Å². The zero-order chi connectivity index (χ0) is 16.2. The summed E-state index contributed by atoms with van der Waals surface area (Å²) in [6.07, 6.45) is 0. The first-order valence-corrected chi connectivity index (χ1v) is 6.55. The van der Waals surface area contributed by atoms with Crippen LogP contribution in [0.2, 0.25) is 0 Å². The summed E-state index contributed by atoms with van der Waals surface area (Å²) in [5, 5.41) is 18.4. The van der Waals surface area contributed by atoms with E-state index in [1.165, 1.54) is 30.7 Å². The number of carbonyl (C=O) groups is 2. The second-order valence-corrected chi connectivity index (χ2v) is 5.08. The van der Waals surface area contributed by atoms with Crippen LogP contribution in [0.4, 0.5) is 10.5 Å². The third-order valence-corrected chi connectivity index (χ3v) is 3.42. The Balaban J connectivity index is 3.17. The predicted octanol–water partition coefficient (Wildman–Crippen LogP) is 2.30. The van der Waals surface area contributed by atoms with E-state index >= 15 is 0 Å². The highest BCUT2D eigenvalue weighted by molar-refractivity contribution is 5.96. The molecule has 0 saturated heterocycles. The number of carboxylic acid groups (broad SMARTS) is 1. The zero-order valence-electron chi connectivity index (χ0n) is 12.6. The Morgan fingerprint density at radius 3 is 2.38 bits per heavy atom. The topological polar surface area (TPSA) is 84.6 Å². The zero-order valence-corrected chi connectivity index (χ0v) is 12.6. The van der Waals surface area contributed by atoms with Crippen LogP contribution in [0.5, 0.6) is 0 Å². The molecule has 112 valence electrons. The van der Waals surface area contributed by atoms with Crippen LogP contribution in [0.15, 0.2) is 24.3 Å². The fourth-order valence-electron chi connectivity index (χ4n) is 2.03. The van der Waals surface area contributed by atoms with Crippen molar-refractivity contribution in [1.29, 1.82) is 5.26 Å². The third kappa shape index (κ3) is 3.14. The molecule has 0 aromatic heterocycles. The van der Waals surface area contributed by atoms with Crippen LogP contribution in [0, 0.1) is 11.3 Å². The Kier molecular flexibility index (Phi) is 4.93. The molecule has 1 rings (SSSR count). The molecule has 0 bridgehead atoms. The number of carboxylic acids is 1. The minimum Gasteiger partial charge on any atom is -0.480 e. The van der Waals surface area contributed by atoms with Crippen LogP contribution >= 0.6 is 0 Å². The fourth-order valence-corrected chi connectivity index (χ4v) is 2.03. The second-order valence-electron chi connectivity index (χ2n) is 5.08. The summed E-state index contributed by atoms with van der Waals surface area (Å²) in [4.78, 5) is 26.5. The number of nitriles is 1. The summed E-state index contributed by atoms with van der Waals surface area (Å²) < 4.78 is 0. The SMILES string of the molecule is CCN(C(=O)N(C)c1ccccc1C#N)C(C)(C)C(=O)O. The van der Waals surface area contributed by atoms with E-state index < -0.39 is 17.5 Å². The maximum Gasteiger partial charge on any atom is 0.329 e. The molecule has 6 nitrogen and oxygen atoms in total. The van der Waals surface area contributed by atoms with Gasteiger partial charge in [-0.15, -0.1) is 0 Å². The van der Waals surface area contributed by atoms with Gasteiger partial charge < -0.3 is 10.0 Å². The van der Waals surface area contributed by atoms with Crippen molar-refractivity contribution in [3.63, 3.8) is 0 Å². The first kappa shape index (κ1) is 16.5. The van der Waals surface area contributed by atoms with E-state index in [1.54, 1.807) is 31.2 Å². The van der Waals surface area contributed by atoms with E-state index in [1.807, 2.05) is 6.07 Å². The Morgan fingerprint density at radius 1 is 1.33 bits per heavy atom. The van der Waals surface area contributed by atoms with Gasteiger partial charge in [0.2, 0.25) is 0 Å². The van der Waals surface area contributed by atoms with Crippen molar-refractivity contribution in [3.8, 4) is 6.07 Å².